The number of hydrogen-bond donors (Lipinski definition) is 0. The number of benzene rings is 3. The summed E-state index contributed by atoms with van der Waals surface area (Å²) in [4.78, 5) is 4.32. The fraction of sp³-hybridized carbons (Fsp3) is 0.0435. The Bertz CT molecular complexity index is 1370. The molecule has 30 heavy (non-hydrogen) atoms. The summed E-state index contributed by atoms with van der Waals surface area (Å²) in [5.74, 6) is 0. The molecular weight excluding hydrogens is 411 g/mol. The first-order valence-corrected chi connectivity index (χ1v) is 9.50. The quantitative estimate of drug-likeness (QED) is 0.309. The van der Waals surface area contributed by atoms with Gasteiger partial charge in [0.15, 0.2) is 0 Å². The largest absolute Gasteiger partial charge is 0.416 e. The van der Waals surface area contributed by atoms with E-state index in [1.807, 2.05) is 42.5 Å². The van der Waals surface area contributed by atoms with Crippen LogP contribution in [0, 0.1) is 0 Å². The topological polar surface area (TPSA) is 30.7 Å². The van der Waals surface area contributed by atoms with Crippen LogP contribution in [0.2, 0.25) is 5.02 Å². The summed E-state index contributed by atoms with van der Waals surface area (Å²) in [7, 11) is 0. The average molecular weight is 424 g/mol. The van der Waals surface area contributed by atoms with E-state index < -0.39 is 11.7 Å². The Labute approximate surface area is 174 Å². The van der Waals surface area contributed by atoms with Crippen LogP contribution in [0.3, 0.4) is 0 Å². The van der Waals surface area contributed by atoms with Crippen molar-refractivity contribution >= 4 is 33.4 Å². The molecule has 0 aliphatic carbocycles. The van der Waals surface area contributed by atoms with Crippen LogP contribution in [0.5, 0.6) is 0 Å². The van der Waals surface area contributed by atoms with Gasteiger partial charge in [-0.3, -0.25) is 4.98 Å². The second-order valence-corrected chi connectivity index (χ2v) is 7.29. The predicted molar refractivity (Wildman–Crippen MR) is 112 cm³/mol. The highest BCUT2D eigenvalue weighted by molar-refractivity contribution is 6.30. The highest BCUT2D eigenvalue weighted by atomic mass is 35.5. The molecule has 0 atom stereocenters. The van der Waals surface area contributed by atoms with Gasteiger partial charge in [-0.1, -0.05) is 48.0 Å². The minimum absolute atomic E-state index is 0.257. The standard InChI is InChI=1S/C23H13ClF3N3/c24-16-7-9-17(10-8-16)30-22-18-11-6-15(23(25,26)27)12-20(18)28-13-19(22)21(29-30)14-4-2-1-3-5-14/h1-13H. The number of fused-ring (bicyclic) bond motifs is 3. The smallest absolute Gasteiger partial charge is 0.255 e. The van der Waals surface area contributed by atoms with Crippen LogP contribution in [0.1, 0.15) is 5.56 Å². The lowest BCUT2D eigenvalue weighted by Crippen LogP contribution is -2.04. The SMILES string of the molecule is FC(F)(F)c1ccc2c(c1)ncc1c(-c3ccccc3)nn(-c3ccc(Cl)cc3)c12. The molecule has 0 amide bonds. The zero-order valence-corrected chi connectivity index (χ0v) is 16.1. The Morgan fingerprint density at radius 1 is 0.833 bits per heavy atom. The maximum atomic E-state index is 13.2. The third kappa shape index (κ3) is 3.09. The molecule has 5 aromatic rings. The molecule has 0 aliphatic heterocycles. The van der Waals surface area contributed by atoms with E-state index in [-0.39, 0.29) is 5.52 Å². The van der Waals surface area contributed by atoms with Crippen LogP contribution in [0.25, 0.3) is 38.8 Å². The van der Waals surface area contributed by atoms with Gasteiger partial charge in [0.05, 0.1) is 22.3 Å². The highest BCUT2D eigenvalue weighted by Gasteiger charge is 2.31. The van der Waals surface area contributed by atoms with Crippen LogP contribution < -0.4 is 0 Å². The van der Waals surface area contributed by atoms with Gasteiger partial charge in [-0.2, -0.15) is 18.3 Å². The zero-order valence-electron chi connectivity index (χ0n) is 15.4. The van der Waals surface area contributed by atoms with Gasteiger partial charge in [0.25, 0.3) is 0 Å². The van der Waals surface area contributed by atoms with E-state index in [1.165, 1.54) is 6.07 Å². The Morgan fingerprint density at radius 3 is 2.27 bits per heavy atom. The first kappa shape index (κ1) is 18.6. The minimum Gasteiger partial charge on any atom is -0.255 e. The molecule has 0 bridgehead atoms. The number of alkyl halides is 3. The van der Waals surface area contributed by atoms with E-state index in [2.05, 4.69) is 4.98 Å². The van der Waals surface area contributed by atoms with Crippen LogP contribution in [0.4, 0.5) is 13.2 Å². The Hall–Kier alpha value is -3.38. The van der Waals surface area contributed by atoms with Crippen molar-refractivity contribution in [3.63, 3.8) is 0 Å². The monoisotopic (exact) mass is 423 g/mol. The molecule has 3 nitrogen and oxygen atoms in total. The lowest BCUT2D eigenvalue weighted by molar-refractivity contribution is -0.137. The number of pyridine rings is 1. The maximum Gasteiger partial charge on any atom is 0.416 e. The normalized spacial score (nSPS) is 12.0. The summed E-state index contributed by atoms with van der Waals surface area (Å²) in [6, 6.07) is 20.3. The molecule has 3 aromatic carbocycles. The fourth-order valence-electron chi connectivity index (χ4n) is 3.54. The van der Waals surface area contributed by atoms with Gasteiger partial charge in [-0.15, -0.1) is 0 Å². The molecule has 0 saturated heterocycles. The first-order chi connectivity index (χ1) is 14.4. The van der Waals surface area contributed by atoms with Crippen molar-refractivity contribution in [3.8, 4) is 16.9 Å². The van der Waals surface area contributed by atoms with Gasteiger partial charge < -0.3 is 0 Å². The summed E-state index contributed by atoms with van der Waals surface area (Å²) in [5, 5.41) is 6.72. The molecule has 148 valence electrons. The third-order valence-electron chi connectivity index (χ3n) is 4.95. The fourth-order valence-corrected chi connectivity index (χ4v) is 3.67. The predicted octanol–water partition coefficient (Wildman–Crippen LogP) is 6.91. The highest BCUT2D eigenvalue weighted by Crippen LogP contribution is 2.36. The molecule has 0 spiro atoms. The first-order valence-electron chi connectivity index (χ1n) is 9.12. The summed E-state index contributed by atoms with van der Waals surface area (Å²) < 4.78 is 41.3. The molecule has 0 aliphatic rings. The molecule has 7 heteroatoms. The third-order valence-corrected chi connectivity index (χ3v) is 5.21. The molecular formula is C23H13ClF3N3. The van der Waals surface area contributed by atoms with Crippen molar-refractivity contribution in [2.24, 2.45) is 0 Å². The van der Waals surface area contributed by atoms with Gasteiger partial charge in [-0.25, -0.2) is 4.68 Å². The molecule has 2 aromatic heterocycles. The van der Waals surface area contributed by atoms with Crippen molar-refractivity contribution in [2.45, 2.75) is 6.18 Å². The molecule has 0 saturated carbocycles. The van der Waals surface area contributed by atoms with E-state index in [4.69, 9.17) is 16.7 Å². The molecule has 5 rings (SSSR count). The lowest BCUT2D eigenvalue weighted by atomic mass is 10.1. The van der Waals surface area contributed by atoms with Crippen molar-refractivity contribution in [1.82, 2.24) is 14.8 Å². The van der Waals surface area contributed by atoms with Crippen LogP contribution in [-0.2, 0) is 6.18 Å². The average Bonchev–Trinajstić information content (AvgIpc) is 3.14. The van der Waals surface area contributed by atoms with E-state index in [1.54, 1.807) is 23.0 Å². The van der Waals surface area contributed by atoms with Gasteiger partial charge in [0.1, 0.15) is 5.69 Å². The van der Waals surface area contributed by atoms with Crippen LogP contribution >= 0.6 is 11.6 Å². The number of nitrogens with zero attached hydrogens (tertiary/aromatic N) is 3. The van der Waals surface area contributed by atoms with Crippen LogP contribution in [0.15, 0.2) is 79.0 Å². The zero-order chi connectivity index (χ0) is 20.9. The van der Waals surface area contributed by atoms with Crippen molar-refractivity contribution < 1.29 is 13.2 Å². The second-order valence-electron chi connectivity index (χ2n) is 6.85. The van der Waals surface area contributed by atoms with Gasteiger partial charge in [0, 0.05) is 27.6 Å². The summed E-state index contributed by atoms with van der Waals surface area (Å²) in [5.41, 5.74) is 2.56. The number of rotatable bonds is 2. The van der Waals surface area contributed by atoms with Gasteiger partial charge in [-0.05, 0) is 36.4 Å². The van der Waals surface area contributed by atoms with E-state index in [9.17, 15) is 13.2 Å². The maximum absolute atomic E-state index is 13.2. The van der Waals surface area contributed by atoms with E-state index in [0.29, 0.717) is 21.6 Å². The summed E-state index contributed by atoms with van der Waals surface area (Å²) >= 11 is 6.03. The molecule has 0 unspecified atom stereocenters. The van der Waals surface area contributed by atoms with Crippen molar-refractivity contribution in [2.75, 3.05) is 0 Å². The van der Waals surface area contributed by atoms with Crippen LogP contribution in [-0.4, -0.2) is 14.8 Å². The second kappa shape index (κ2) is 6.85. The van der Waals surface area contributed by atoms with Crippen molar-refractivity contribution in [3.05, 3.63) is 89.6 Å². The number of aromatic nitrogens is 3. The van der Waals surface area contributed by atoms with E-state index in [0.717, 1.165) is 28.8 Å². The number of hydrogen-bond acceptors (Lipinski definition) is 2. The lowest BCUT2D eigenvalue weighted by Gasteiger charge is -2.09. The summed E-state index contributed by atoms with van der Waals surface area (Å²) in [6.45, 7) is 0. The summed E-state index contributed by atoms with van der Waals surface area (Å²) in [6.07, 6.45) is -2.85. The number of halogens is 4. The van der Waals surface area contributed by atoms with Gasteiger partial charge >= 0.3 is 6.18 Å². The molecule has 0 fully saturated rings. The van der Waals surface area contributed by atoms with Crippen molar-refractivity contribution in [1.29, 1.82) is 0 Å². The Balaban J connectivity index is 1.86. The molecule has 0 N–H and O–H groups in total. The minimum atomic E-state index is -4.43. The van der Waals surface area contributed by atoms with Gasteiger partial charge in [0.2, 0.25) is 0 Å². The Morgan fingerprint density at radius 2 is 1.57 bits per heavy atom. The van der Waals surface area contributed by atoms with E-state index >= 15 is 0 Å². The molecule has 0 radical (unpaired) electrons. The Kier molecular flexibility index (Phi) is 4.25. The molecule has 2 heterocycles.